The van der Waals surface area contributed by atoms with Crippen LogP contribution in [0, 0.1) is 0 Å². The second-order valence-corrected chi connectivity index (χ2v) is 5.92. The van der Waals surface area contributed by atoms with Crippen molar-refractivity contribution in [1.29, 1.82) is 0 Å². The third-order valence-corrected chi connectivity index (χ3v) is 4.44. The Morgan fingerprint density at radius 2 is 1.52 bits per heavy atom. The number of nitrogens with zero attached hydrogens (tertiary/aromatic N) is 2. The Hall–Kier alpha value is -2.95. The van der Waals surface area contributed by atoms with Crippen molar-refractivity contribution >= 4 is 17.7 Å². The Bertz CT molecular complexity index is 805. The number of hydrogen-bond acceptors (Lipinski definition) is 3. The molecule has 1 heterocycles. The minimum Gasteiger partial charge on any atom is -0.339 e. The van der Waals surface area contributed by atoms with E-state index >= 15 is 0 Å². The van der Waals surface area contributed by atoms with Crippen LogP contribution in [0.2, 0.25) is 0 Å². The molecule has 0 atom stereocenters. The van der Waals surface area contributed by atoms with E-state index in [0.717, 1.165) is 5.56 Å². The third-order valence-electron chi connectivity index (χ3n) is 4.44. The fourth-order valence-electron chi connectivity index (χ4n) is 3.06. The number of benzene rings is 2. The number of carbonyl (C=O) groups excluding carboxylic acids is 3. The zero-order valence-electron chi connectivity index (χ0n) is 14.4. The highest BCUT2D eigenvalue weighted by atomic mass is 16.2. The van der Waals surface area contributed by atoms with Crippen LogP contribution in [0.25, 0.3) is 0 Å². The number of carbonyl (C=O) groups is 3. The molecule has 0 saturated carbocycles. The first-order chi connectivity index (χ1) is 12.1. The molecule has 2 aromatic carbocycles. The van der Waals surface area contributed by atoms with Gasteiger partial charge in [-0.25, -0.2) is 0 Å². The van der Waals surface area contributed by atoms with E-state index in [4.69, 9.17) is 0 Å². The first kappa shape index (κ1) is 16.9. The standard InChI is InChI=1S/C20H20N2O3/c1-3-21(4-2)18(23)15-9-7-8-14(12-15)13-22-19(24)16-10-5-6-11-17(16)20(22)25/h5-12H,3-4,13H2,1-2H3. The molecule has 25 heavy (non-hydrogen) atoms. The van der Waals surface area contributed by atoms with Crippen LogP contribution < -0.4 is 0 Å². The van der Waals surface area contributed by atoms with E-state index < -0.39 is 0 Å². The molecule has 3 rings (SSSR count). The van der Waals surface area contributed by atoms with Crippen molar-refractivity contribution in [2.24, 2.45) is 0 Å². The Kier molecular flexibility index (Phi) is 4.65. The van der Waals surface area contributed by atoms with Crippen LogP contribution in [0.3, 0.4) is 0 Å². The Labute approximate surface area is 146 Å². The van der Waals surface area contributed by atoms with Gasteiger partial charge in [0, 0.05) is 18.7 Å². The largest absolute Gasteiger partial charge is 0.339 e. The molecule has 0 aliphatic carbocycles. The lowest BCUT2D eigenvalue weighted by molar-refractivity contribution is 0.0642. The van der Waals surface area contributed by atoms with E-state index in [1.165, 1.54) is 4.90 Å². The Morgan fingerprint density at radius 1 is 0.920 bits per heavy atom. The SMILES string of the molecule is CCN(CC)C(=O)c1cccc(CN2C(=O)c3ccccc3C2=O)c1. The van der Waals surface area contributed by atoms with E-state index in [2.05, 4.69) is 0 Å². The van der Waals surface area contributed by atoms with Gasteiger partial charge in [0.15, 0.2) is 0 Å². The molecule has 0 N–H and O–H groups in total. The second kappa shape index (κ2) is 6.89. The van der Waals surface area contributed by atoms with Gasteiger partial charge in [-0.15, -0.1) is 0 Å². The molecule has 1 aliphatic heterocycles. The van der Waals surface area contributed by atoms with Crippen molar-refractivity contribution in [1.82, 2.24) is 9.80 Å². The van der Waals surface area contributed by atoms with E-state index in [9.17, 15) is 14.4 Å². The van der Waals surface area contributed by atoms with Crippen molar-refractivity contribution in [2.75, 3.05) is 13.1 Å². The van der Waals surface area contributed by atoms with Gasteiger partial charge in [0.05, 0.1) is 17.7 Å². The van der Waals surface area contributed by atoms with E-state index in [1.807, 2.05) is 19.9 Å². The summed E-state index contributed by atoms with van der Waals surface area (Å²) in [6.07, 6.45) is 0. The maximum atomic E-state index is 12.5. The molecule has 1 aliphatic rings. The zero-order chi connectivity index (χ0) is 18.0. The molecule has 128 valence electrons. The molecule has 3 amide bonds. The fraction of sp³-hybridized carbons (Fsp3) is 0.250. The summed E-state index contributed by atoms with van der Waals surface area (Å²) in [6, 6.07) is 13.9. The second-order valence-electron chi connectivity index (χ2n) is 5.92. The lowest BCUT2D eigenvalue weighted by atomic mass is 10.1. The van der Waals surface area contributed by atoms with Crippen LogP contribution in [0.5, 0.6) is 0 Å². The van der Waals surface area contributed by atoms with Crippen LogP contribution in [0.15, 0.2) is 48.5 Å². The summed E-state index contributed by atoms with van der Waals surface area (Å²) in [5.41, 5.74) is 2.19. The summed E-state index contributed by atoms with van der Waals surface area (Å²) in [4.78, 5) is 40.4. The van der Waals surface area contributed by atoms with Crippen LogP contribution in [0.4, 0.5) is 0 Å². The average molecular weight is 336 g/mol. The van der Waals surface area contributed by atoms with E-state index in [0.29, 0.717) is 29.8 Å². The topological polar surface area (TPSA) is 57.7 Å². The molecule has 5 nitrogen and oxygen atoms in total. The van der Waals surface area contributed by atoms with Gasteiger partial charge in [-0.2, -0.15) is 0 Å². The summed E-state index contributed by atoms with van der Waals surface area (Å²) >= 11 is 0. The molecule has 0 saturated heterocycles. The number of fused-ring (bicyclic) bond motifs is 1. The van der Waals surface area contributed by atoms with Crippen molar-refractivity contribution in [3.63, 3.8) is 0 Å². The first-order valence-electron chi connectivity index (χ1n) is 8.40. The fourth-order valence-corrected chi connectivity index (χ4v) is 3.06. The van der Waals surface area contributed by atoms with Crippen LogP contribution in [0.1, 0.15) is 50.5 Å². The number of rotatable bonds is 5. The molecule has 2 aromatic rings. The average Bonchev–Trinajstić information content (AvgIpc) is 2.88. The van der Waals surface area contributed by atoms with Crippen molar-refractivity contribution < 1.29 is 14.4 Å². The predicted octanol–water partition coefficient (Wildman–Crippen LogP) is 2.96. The number of imide groups is 1. The maximum absolute atomic E-state index is 12.5. The molecule has 0 fully saturated rings. The Balaban J connectivity index is 1.83. The summed E-state index contributed by atoms with van der Waals surface area (Å²) in [5.74, 6) is -0.628. The highest BCUT2D eigenvalue weighted by Crippen LogP contribution is 2.24. The molecule has 0 radical (unpaired) electrons. The minimum absolute atomic E-state index is 0.0470. The lowest BCUT2D eigenvalue weighted by Gasteiger charge is -2.19. The third kappa shape index (κ3) is 3.05. The normalized spacial score (nSPS) is 13.1. The van der Waals surface area contributed by atoms with Crippen LogP contribution >= 0.6 is 0 Å². The van der Waals surface area contributed by atoms with Gasteiger partial charge in [0.1, 0.15) is 0 Å². The van der Waals surface area contributed by atoms with Crippen molar-refractivity contribution in [3.05, 3.63) is 70.8 Å². The van der Waals surface area contributed by atoms with Gasteiger partial charge >= 0.3 is 0 Å². The molecule has 0 aromatic heterocycles. The molecule has 0 spiro atoms. The maximum Gasteiger partial charge on any atom is 0.261 e. The molecular formula is C20H20N2O3. The predicted molar refractivity (Wildman–Crippen MR) is 94.3 cm³/mol. The van der Waals surface area contributed by atoms with Crippen LogP contribution in [-0.2, 0) is 6.54 Å². The molecular weight excluding hydrogens is 316 g/mol. The Morgan fingerprint density at radius 3 is 2.08 bits per heavy atom. The van der Waals surface area contributed by atoms with Gasteiger partial charge in [0.25, 0.3) is 17.7 Å². The quantitative estimate of drug-likeness (QED) is 0.789. The monoisotopic (exact) mass is 336 g/mol. The summed E-state index contributed by atoms with van der Waals surface area (Å²) in [5, 5.41) is 0. The minimum atomic E-state index is -0.291. The summed E-state index contributed by atoms with van der Waals surface area (Å²) in [6.45, 7) is 5.30. The highest BCUT2D eigenvalue weighted by Gasteiger charge is 2.35. The van der Waals surface area contributed by atoms with Crippen LogP contribution in [-0.4, -0.2) is 40.6 Å². The smallest absolute Gasteiger partial charge is 0.261 e. The molecule has 0 unspecified atom stereocenters. The summed E-state index contributed by atoms with van der Waals surface area (Å²) in [7, 11) is 0. The highest BCUT2D eigenvalue weighted by molar-refractivity contribution is 6.21. The van der Waals surface area contributed by atoms with Crippen molar-refractivity contribution in [3.8, 4) is 0 Å². The van der Waals surface area contributed by atoms with Gasteiger partial charge in [-0.1, -0.05) is 24.3 Å². The number of amides is 3. The van der Waals surface area contributed by atoms with Gasteiger partial charge in [-0.05, 0) is 43.7 Å². The van der Waals surface area contributed by atoms with Crippen molar-refractivity contribution in [2.45, 2.75) is 20.4 Å². The van der Waals surface area contributed by atoms with Gasteiger partial charge in [0.2, 0.25) is 0 Å². The van der Waals surface area contributed by atoms with Gasteiger partial charge in [-0.3, -0.25) is 19.3 Å². The first-order valence-corrected chi connectivity index (χ1v) is 8.40. The summed E-state index contributed by atoms with van der Waals surface area (Å²) < 4.78 is 0. The van der Waals surface area contributed by atoms with Gasteiger partial charge < -0.3 is 4.90 Å². The van der Waals surface area contributed by atoms with E-state index in [-0.39, 0.29) is 24.3 Å². The lowest BCUT2D eigenvalue weighted by Crippen LogP contribution is -2.31. The zero-order valence-corrected chi connectivity index (χ0v) is 14.4. The molecule has 0 bridgehead atoms. The van der Waals surface area contributed by atoms with E-state index in [1.54, 1.807) is 47.4 Å². The molecule has 5 heteroatoms. The number of hydrogen-bond donors (Lipinski definition) is 0.